The van der Waals surface area contributed by atoms with Crippen molar-refractivity contribution in [2.24, 2.45) is 0 Å². The van der Waals surface area contributed by atoms with Gasteiger partial charge in [-0.05, 0) is 43.2 Å². The van der Waals surface area contributed by atoms with E-state index in [9.17, 15) is 13.2 Å². The SMILES string of the molecule is CSC1CCC(NS(=O)(=O)Cc2ccc(C(=O)O)cc2)C1. The Bertz CT molecular complexity index is 598. The van der Waals surface area contributed by atoms with Crippen molar-refractivity contribution in [3.63, 3.8) is 0 Å². The number of carboxylic acids is 1. The lowest BCUT2D eigenvalue weighted by Crippen LogP contribution is -2.34. The van der Waals surface area contributed by atoms with Crippen LogP contribution in [0.4, 0.5) is 0 Å². The van der Waals surface area contributed by atoms with Crippen molar-refractivity contribution < 1.29 is 18.3 Å². The van der Waals surface area contributed by atoms with Crippen molar-refractivity contribution in [2.75, 3.05) is 6.26 Å². The first kappa shape index (κ1) is 16.3. The summed E-state index contributed by atoms with van der Waals surface area (Å²) in [5.74, 6) is -1.13. The summed E-state index contributed by atoms with van der Waals surface area (Å²) in [5.41, 5.74) is 0.745. The molecule has 1 saturated carbocycles. The van der Waals surface area contributed by atoms with Gasteiger partial charge in [-0.3, -0.25) is 0 Å². The number of sulfonamides is 1. The highest BCUT2D eigenvalue weighted by atomic mass is 32.2. The van der Waals surface area contributed by atoms with Crippen molar-refractivity contribution >= 4 is 27.8 Å². The molecular formula is C14H19NO4S2. The van der Waals surface area contributed by atoms with Crippen molar-refractivity contribution in [3.8, 4) is 0 Å². The molecule has 0 amide bonds. The quantitative estimate of drug-likeness (QED) is 0.835. The summed E-state index contributed by atoms with van der Waals surface area (Å²) >= 11 is 1.78. The van der Waals surface area contributed by atoms with Gasteiger partial charge in [0.05, 0.1) is 11.3 Å². The molecule has 0 spiro atoms. The average Bonchev–Trinajstić information content (AvgIpc) is 2.85. The standard InChI is InChI=1S/C14H19NO4S2/c1-20-13-7-6-12(8-13)15-21(18,19)9-10-2-4-11(5-3-10)14(16)17/h2-5,12-13,15H,6-9H2,1H3,(H,16,17). The lowest BCUT2D eigenvalue weighted by Gasteiger charge is -2.13. The molecule has 0 aromatic heterocycles. The van der Waals surface area contributed by atoms with Gasteiger partial charge in [0, 0.05) is 11.3 Å². The molecule has 1 aromatic carbocycles. The normalized spacial score (nSPS) is 22.3. The van der Waals surface area contributed by atoms with E-state index in [4.69, 9.17) is 5.11 Å². The third-order valence-electron chi connectivity index (χ3n) is 3.62. The van der Waals surface area contributed by atoms with E-state index in [0.29, 0.717) is 10.8 Å². The highest BCUT2D eigenvalue weighted by Crippen LogP contribution is 2.28. The van der Waals surface area contributed by atoms with E-state index >= 15 is 0 Å². The van der Waals surface area contributed by atoms with Crippen LogP contribution in [-0.2, 0) is 15.8 Å². The average molecular weight is 329 g/mol. The third-order valence-corrected chi connectivity index (χ3v) is 6.12. The summed E-state index contributed by atoms with van der Waals surface area (Å²) in [7, 11) is -3.39. The third kappa shape index (κ3) is 4.72. The highest BCUT2D eigenvalue weighted by Gasteiger charge is 2.27. The van der Waals surface area contributed by atoms with Crippen LogP contribution in [0.1, 0.15) is 35.2 Å². The predicted octanol–water partition coefficient (Wildman–Crippen LogP) is 2.09. The first-order valence-corrected chi connectivity index (χ1v) is 9.68. The molecule has 0 saturated heterocycles. The maximum Gasteiger partial charge on any atom is 0.335 e. The van der Waals surface area contributed by atoms with Crippen LogP contribution in [0.5, 0.6) is 0 Å². The molecule has 1 aliphatic rings. The Kier molecular flexibility index (Phi) is 5.29. The van der Waals surface area contributed by atoms with E-state index in [0.717, 1.165) is 19.3 Å². The molecule has 1 fully saturated rings. The fraction of sp³-hybridized carbons (Fsp3) is 0.500. The van der Waals surface area contributed by atoms with Gasteiger partial charge in [-0.1, -0.05) is 12.1 Å². The number of aromatic carboxylic acids is 1. The summed E-state index contributed by atoms with van der Waals surface area (Å²) in [5, 5.41) is 9.35. The summed E-state index contributed by atoms with van der Waals surface area (Å²) < 4.78 is 27.0. The van der Waals surface area contributed by atoms with Crippen LogP contribution in [0.2, 0.25) is 0 Å². The second kappa shape index (κ2) is 6.81. The fourth-order valence-electron chi connectivity index (χ4n) is 2.52. The van der Waals surface area contributed by atoms with Gasteiger partial charge in [0.25, 0.3) is 0 Å². The minimum atomic E-state index is -3.39. The maximum absolute atomic E-state index is 12.1. The molecule has 21 heavy (non-hydrogen) atoms. The van der Waals surface area contributed by atoms with E-state index in [1.54, 1.807) is 23.9 Å². The number of hydrogen-bond donors (Lipinski definition) is 2. The number of thioether (sulfide) groups is 1. The molecule has 2 unspecified atom stereocenters. The number of rotatable bonds is 6. The summed E-state index contributed by atoms with van der Waals surface area (Å²) in [4.78, 5) is 10.8. The largest absolute Gasteiger partial charge is 0.478 e. The molecular weight excluding hydrogens is 310 g/mol. The van der Waals surface area contributed by atoms with Gasteiger partial charge in [-0.2, -0.15) is 11.8 Å². The topological polar surface area (TPSA) is 83.5 Å². The maximum atomic E-state index is 12.1. The molecule has 2 atom stereocenters. The molecule has 2 rings (SSSR count). The van der Waals surface area contributed by atoms with Crippen LogP contribution < -0.4 is 4.72 Å². The Morgan fingerprint density at radius 1 is 1.33 bits per heavy atom. The number of carboxylic acid groups (broad SMARTS) is 1. The molecule has 1 aliphatic carbocycles. The Balaban J connectivity index is 1.96. The van der Waals surface area contributed by atoms with Gasteiger partial charge in [-0.15, -0.1) is 0 Å². The van der Waals surface area contributed by atoms with Crippen LogP contribution in [0.3, 0.4) is 0 Å². The predicted molar refractivity (Wildman–Crippen MR) is 84.1 cm³/mol. The Morgan fingerprint density at radius 2 is 2.00 bits per heavy atom. The molecule has 0 heterocycles. The molecule has 2 N–H and O–H groups in total. The smallest absolute Gasteiger partial charge is 0.335 e. The molecule has 116 valence electrons. The number of nitrogens with one attached hydrogen (secondary N) is 1. The number of carbonyl (C=O) groups is 1. The van der Waals surface area contributed by atoms with Crippen LogP contribution in [-0.4, -0.2) is 37.0 Å². The van der Waals surface area contributed by atoms with Crippen molar-refractivity contribution in [3.05, 3.63) is 35.4 Å². The zero-order chi connectivity index (χ0) is 15.5. The van der Waals surface area contributed by atoms with Crippen molar-refractivity contribution in [1.82, 2.24) is 4.72 Å². The molecule has 0 radical (unpaired) electrons. The molecule has 7 heteroatoms. The zero-order valence-electron chi connectivity index (χ0n) is 11.8. The highest BCUT2D eigenvalue weighted by molar-refractivity contribution is 7.99. The lowest BCUT2D eigenvalue weighted by molar-refractivity contribution is 0.0697. The lowest BCUT2D eigenvalue weighted by atomic mass is 10.1. The van der Waals surface area contributed by atoms with Crippen LogP contribution in [0.15, 0.2) is 24.3 Å². The van der Waals surface area contributed by atoms with Gasteiger partial charge in [-0.25, -0.2) is 17.9 Å². The Labute approximate surface area is 129 Å². The van der Waals surface area contributed by atoms with Crippen molar-refractivity contribution in [1.29, 1.82) is 0 Å². The number of benzene rings is 1. The first-order valence-electron chi connectivity index (χ1n) is 6.74. The van der Waals surface area contributed by atoms with Crippen LogP contribution in [0.25, 0.3) is 0 Å². The molecule has 0 bridgehead atoms. The first-order chi connectivity index (χ1) is 9.89. The van der Waals surface area contributed by atoms with Gasteiger partial charge in [0.1, 0.15) is 0 Å². The fourth-order valence-corrected chi connectivity index (χ4v) is 4.75. The van der Waals surface area contributed by atoms with Gasteiger partial charge < -0.3 is 5.11 Å². The van der Waals surface area contributed by atoms with E-state index in [2.05, 4.69) is 4.72 Å². The summed E-state index contributed by atoms with van der Waals surface area (Å²) in [6.45, 7) is 0. The molecule has 1 aromatic rings. The molecule has 0 aliphatic heterocycles. The summed E-state index contributed by atoms with van der Waals surface area (Å²) in [6.07, 6.45) is 4.84. The van der Waals surface area contributed by atoms with E-state index in [1.807, 2.05) is 6.26 Å². The second-order valence-corrected chi connectivity index (χ2v) is 8.14. The van der Waals surface area contributed by atoms with Gasteiger partial charge >= 0.3 is 5.97 Å². The zero-order valence-corrected chi connectivity index (χ0v) is 13.4. The van der Waals surface area contributed by atoms with E-state index in [-0.39, 0.29) is 17.4 Å². The summed E-state index contributed by atoms with van der Waals surface area (Å²) in [6, 6.07) is 5.95. The van der Waals surface area contributed by atoms with Crippen LogP contribution in [0, 0.1) is 0 Å². The van der Waals surface area contributed by atoms with E-state index in [1.165, 1.54) is 12.1 Å². The number of hydrogen-bond acceptors (Lipinski definition) is 4. The Hall–Kier alpha value is -1.05. The minimum absolute atomic E-state index is 0.0192. The minimum Gasteiger partial charge on any atom is -0.478 e. The van der Waals surface area contributed by atoms with Gasteiger partial charge in [0.2, 0.25) is 10.0 Å². The van der Waals surface area contributed by atoms with Crippen LogP contribution >= 0.6 is 11.8 Å². The van der Waals surface area contributed by atoms with E-state index < -0.39 is 16.0 Å². The molecule has 5 nitrogen and oxygen atoms in total. The monoisotopic (exact) mass is 329 g/mol. The second-order valence-electron chi connectivity index (χ2n) is 5.25. The van der Waals surface area contributed by atoms with Crippen molar-refractivity contribution in [2.45, 2.75) is 36.3 Å². The van der Waals surface area contributed by atoms with Gasteiger partial charge in [0.15, 0.2) is 0 Å². The Morgan fingerprint density at radius 3 is 2.52 bits per heavy atom.